The second-order valence-corrected chi connectivity index (χ2v) is 13.1. The number of benzene rings is 2. The lowest BCUT2D eigenvalue weighted by molar-refractivity contribution is 0.102. The Hall–Kier alpha value is -3.04. The molecule has 1 amide bonds. The molecule has 0 aliphatic carbocycles. The summed E-state index contributed by atoms with van der Waals surface area (Å²) in [5, 5.41) is 7.54. The van der Waals surface area contributed by atoms with Crippen molar-refractivity contribution in [3.8, 4) is 5.13 Å². The van der Waals surface area contributed by atoms with Crippen LogP contribution in [0.1, 0.15) is 56.2 Å². The van der Waals surface area contributed by atoms with Crippen molar-refractivity contribution in [1.82, 2.24) is 14.8 Å². The third kappa shape index (κ3) is 4.63. The largest absolute Gasteiger partial charge is 0.306 e. The molecule has 0 saturated heterocycles. The highest BCUT2D eigenvalue weighted by atomic mass is 32.2. The van der Waals surface area contributed by atoms with Gasteiger partial charge in [-0.25, -0.2) is 13.4 Å². The zero-order valence-electron chi connectivity index (χ0n) is 20.1. The number of nitrogens with one attached hydrogen (secondary N) is 1. The number of sulfone groups is 1. The van der Waals surface area contributed by atoms with Crippen molar-refractivity contribution >= 4 is 43.1 Å². The fourth-order valence-electron chi connectivity index (χ4n) is 3.46. The lowest BCUT2D eigenvalue weighted by atomic mass is 9.87. The highest BCUT2D eigenvalue weighted by Crippen LogP contribution is 2.31. The standard InChI is InChI=1S/C25H28N4O3S2/c1-15(2)34(31,32)19-10-7-17(8-11-19)23(30)27-22-13-16(3)28-29(22)24-26-20-12-9-18(25(4,5)6)14-21(20)33-24/h7-15H,1-6H3,(H,27,30). The number of carbonyl (C=O) groups excluding carboxylic acids is 1. The summed E-state index contributed by atoms with van der Waals surface area (Å²) in [6.45, 7) is 11.6. The molecule has 4 rings (SSSR count). The van der Waals surface area contributed by atoms with E-state index >= 15 is 0 Å². The molecule has 0 atom stereocenters. The molecule has 2 heterocycles. The van der Waals surface area contributed by atoms with Crippen LogP contribution in [-0.2, 0) is 15.3 Å². The van der Waals surface area contributed by atoms with Gasteiger partial charge in [-0.1, -0.05) is 38.2 Å². The molecule has 9 heteroatoms. The zero-order valence-corrected chi connectivity index (χ0v) is 21.7. The smallest absolute Gasteiger partial charge is 0.256 e. The Morgan fingerprint density at radius 1 is 1.06 bits per heavy atom. The van der Waals surface area contributed by atoms with Gasteiger partial charge in [0.15, 0.2) is 9.84 Å². The Morgan fingerprint density at radius 3 is 2.35 bits per heavy atom. The second-order valence-electron chi connectivity index (χ2n) is 9.58. The minimum atomic E-state index is -3.40. The van der Waals surface area contributed by atoms with Crippen LogP contribution in [0.2, 0.25) is 0 Å². The molecule has 34 heavy (non-hydrogen) atoms. The van der Waals surface area contributed by atoms with Gasteiger partial charge in [-0.15, -0.1) is 0 Å². The molecule has 2 aromatic carbocycles. The van der Waals surface area contributed by atoms with Gasteiger partial charge in [0, 0.05) is 11.6 Å². The fraction of sp³-hybridized carbons (Fsp3) is 0.320. The normalized spacial score (nSPS) is 12.4. The number of rotatable bonds is 5. The number of aryl methyl sites for hydroxylation is 1. The van der Waals surface area contributed by atoms with E-state index in [1.807, 2.05) is 13.0 Å². The quantitative estimate of drug-likeness (QED) is 0.392. The molecule has 0 spiro atoms. The SMILES string of the molecule is Cc1cc(NC(=O)c2ccc(S(=O)(=O)C(C)C)cc2)n(-c2nc3ccc(C(C)(C)C)cc3s2)n1. The molecule has 0 saturated carbocycles. The average molecular weight is 497 g/mol. The van der Waals surface area contributed by atoms with E-state index in [4.69, 9.17) is 4.98 Å². The van der Waals surface area contributed by atoms with Crippen molar-refractivity contribution in [2.24, 2.45) is 0 Å². The van der Waals surface area contributed by atoms with Crippen LogP contribution in [0.15, 0.2) is 53.4 Å². The number of thiazole rings is 1. The van der Waals surface area contributed by atoms with Crippen LogP contribution < -0.4 is 5.32 Å². The molecular weight excluding hydrogens is 468 g/mol. The molecule has 0 aliphatic heterocycles. The first-order chi connectivity index (χ1) is 15.9. The minimum Gasteiger partial charge on any atom is -0.306 e. The predicted molar refractivity (Wildman–Crippen MR) is 137 cm³/mol. The third-order valence-corrected chi connectivity index (χ3v) is 8.73. The number of aromatic nitrogens is 3. The van der Waals surface area contributed by atoms with Gasteiger partial charge in [0.2, 0.25) is 5.13 Å². The molecular formula is C25H28N4O3S2. The number of nitrogens with zero attached hydrogens (tertiary/aromatic N) is 3. The summed E-state index contributed by atoms with van der Waals surface area (Å²) in [6.07, 6.45) is 0. The third-order valence-electron chi connectivity index (χ3n) is 5.56. The predicted octanol–water partition coefficient (Wildman–Crippen LogP) is 5.52. The van der Waals surface area contributed by atoms with Crippen molar-refractivity contribution in [3.63, 3.8) is 0 Å². The lowest BCUT2D eigenvalue weighted by Crippen LogP contribution is -2.16. The van der Waals surface area contributed by atoms with E-state index in [0.717, 1.165) is 15.9 Å². The monoisotopic (exact) mass is 496 g/mol. The number of fused-ring (bicyclic) bond motifs is 1. The lowest BCUT2D eigenvalue weighted by Gasteiger charge is -2.18. The van der Waals surface area contributed by atoms with Crippen LogP contribution in [0.3, 0.4) is 0 Å². The van der Waals surface area contributed by atoms with Crippen LogP contribution in [-0.4, -0.2) is 34.3 Å². The van der Waals surface area contributed by atoms with E-state index in [1.54, 1.807) is 24.6 Å². The van der Waals surface area contributed by atoms with Gasteiger partial charge >= 0.3 is 0 Å². The number of carbonyl (C=O) groups is 1. The van der Waals surface area contributed by atoms with Crippen LogP contribution >= 0.6 is 11.3 Å². The van der Waals surface area contributed by atoms with E-state index in [-0.39, 0.29) is 16.2 Å². The molecule has 4 aromatic rings. The molecule has 0 aliphatic rings. The van der Waals surface area contributed by atoms with Gasteiger partial charge in [0.25, 0.3) is 5.91 Å². The fourth-order valence-corrected chi connectivity index (χ4v) is 5.49. The summed E-state index contributed by atoms with van der Waals surface area (Å²) >= 11 is 1.51. The van der Waals surface area contributed by atoms with Gasteiger partial charge in [-0.3, -0.25) is 4.79 Å². The summed E-state index contributed by atoms with van der Waals surface area (Å²) in [6, 6.07) is 14.0. The first-order valence-electron chi connectivity index (χ1n) is 11.0. The average Bonchev–Trinajstić information content (AvgIpc) is 3.35. The van der Waals surface area contributed by atoms with E-state index in [0.29, 0.717) is 16.5 Å². The number of amides is 1. The van der Waals surface area contributed by atoms with Gasteiger partial charge in [-0.05, 0) is 68.1 Å². The van der Waals surface area contributed by atoms with Gasteiger partial charge in [0.05, 0.1) is 26.1 Å². The Labute approximate surface area is 203 Å². The minimum absolute atomic E-state index is 0.0316. The maximum Gasteiger partial charge on any atom is 0.256 e. The topological polar surface area (TPSA) is 94.0 Å². The Morgan fingerprint density at radius 2 is 1.74 bits per heavy atom. The summed E-state index contributed by atoms with van der Waals surface area (Å²) in [5.74, 6) is 0.141. The van der Waals surface area contributed by atoms with Crippen molar-refractivity contribution < 1.29 is 13.2 Å². The zero-order chi connectivity index (χ0) is 24.8. The van der Waals surface area contributed by atoms with E-state index in [1.165, 1.54) is 41.2 Å². The highest BCUT2D eigenvalue weighted by molar-refractivity contribution is 7.92. The number of hydrogen-bond acceptors (Lipinski definition) is 6. The first kappa shape index (κ1) is 24.1. The molecule has 0 radical (unpaired) electrons. The molecule has 0 fully saturated rings. The summed E-state index contributed by atoms with van der Waals surface area (Å²) in [5.41, 5.74) is 3.23. The molecule has 0 unspecified atom stereocenters. The molecule has 0 bridgehead atoms. The van der Waals surface area contributed by atoms with Crippen LogP contribution in [0.25, 0.3) is 15.3 Å². The molecule has 178 valence electrons. The molecule has 1 N–H and O–H groups in total. The van der Waals surface area contributed by atoms with Crippen LogP contribution in [0.5, 0.6) is 0 Å². The first-order valence-corrected chi connectivity index (χ1v) is 13.4. The maximum absolute atomic E-state index is 12.9. The van der Waals surface area contributed by atoms with Gasteiger partial charge in [0.1, 0.15) is 5.82 Å². The van der Waals surface area contributed by atoms with Crippen molar-refractivity contribution in [1.29, 1.82) is 0 Å². The Balaban J connectivity index is 1.63. The number of hydrogen-bond donors (Lipinski definition) is 1. The summed E-state index contributed by atoms with van der Waals surface area (Å²) in [4.78, 5) is 17.8. The molecule has 2 aromatic heterocycles. The van der Waals surface area contributed by atoms with E-state index in [9.17, 15) is 13.2 Å². The maximum atomic E-state index is 12.9. The second kappa shape index (κ2) is 8.63. The molecule has 7 nitrogen and oxygen atoms in total. The summed E-state index contributed by atoms with van der Waals surface area (Å²) < 4.78 is 27.4. The van der Waals surface area contributed by atoms with Crippen molar-refractivity contribution in [3.05, 3.63) is 65.4 Å². The highest BCUT2D eigenvalue weighted by Gasteiger charge is 2.21. The number of anilines is 1. The van der Waals surface area contributed by atoms with Crippen molar-refractivity contribution in [2.75, 3.05) is 5.32 Å². The van der Waals surface area contributed by atoms with E-state index < -0.39 is 15.1 Å². The van der Waals surface area contributed by atoms with Gasteiger partial charge in [-0.2, -0.15) is 9.78 Å². The van der Waals surface area contributed by atoms with Gasteiger partial charge < -0.3 is 5.32 Å². The van der Waals surface area contributed by atoms with Crippen LogP contribution in [0.4, 0.5) is 5.82 Å². The van der Waals surface area contributed by atoms with E-state index in [2.05, 4.69) is 43.3 Å². The van der Waals surface area contributed by atoms with Crippen LogP contribution in [0, 0.1) is 6.92 Å². The Kier molecular flexibility index (Phi) is 6.12. The summed E-state index contributed by atoms with van der Waals surface area (Å²) in [7, 11) is -3.40. The van der Waals surface area contributed by atoms with Crippen molar-refractivity contribution in [2.45, 2.75) is 57.1 Å². The Bertz CT molecular complexity index is 1470.